The van der Waals surface area contributed by atoms with Crippen LogP contribution in [0.4, 0.5) is 4.39 Å². The van der Waals surface area contributed by atoms with Crippen molar-refractivity contribution in [3.8, 4) is 0 Å². The molecule has 0 radical (unpaired) electrons. The molecular weight excluding hydrogens is 333 g/mol. The van der Waals surface area contributed by atoms with Crippen molar-refractivity contribution in [1.82, 2.24) is 15.1 Å². The van der Waals surface area contributed by atoms with E-state index in [1.165, 1.54) is 23.9 Å². The Balaban J connectivity index is 1.55. The smallest absolute Gasteiger partial charge is 0.232 e. The van der Waals surface area contributed by atoms with Gasteiger partial charge in [-0.25, -0.2) is 4.39 Å². The molecule has 2 heterocycles. The molecule has 0 N–H and O–H groups in total. The normalized spacial score (nSPS) is 18.2. The third kappa shape index (κ3) is 4.29. The minimum Gasteiger partial charge on any atom is -0.341 e. The predicted molar refractivity (Wildman–Crippen MR) is 90.3 cm³/mol. The van der Waals surface area contributed by atoms with E-state index in [2.05, 4.69) is 10.2 Å². The van der Waals surface area contributed by atoms with E-state index < -0.39 is 0 Å². The van der Waals surface area contributed by atoms with E-state index >= 15 is 0 Å². The van der Waals surface area contributed by atoms with E-state index in [0.29, 0.717) is 11.7 Å². The van der Waals surface area contributed by atoms with Crippen molar-refractivity contribution in [3.05, 3.63) is 40.1 Å². The second-order valence-corrected chi connectivity index (χ2v) is 7.84. The molecule has 1 aliphatic heterocycles. The average molecular weight is 351 g/mol. The molecule has 1 atom stereocenters. The van der Waals surface area contributed by atoms with Crippen LogP contribution in [0.25, 0.3) is 0 Å². The lowest BCUT2D eigenvalue weighted by Gasteiger charge is -2.31. The molecule has 3 rings (SSSR count). The van der Waals surface area contributed by atoms with Crippen molar-refractivity contribution < 1.29 is 9.18 Å². The number of carbonyl (C=O) groups is 1. The lowest BCUT2D eigenvalue weighted by atomic mass is 9.99. The predicted octanol–water partition coefficient (Wildman–Crippen LogP) is 3.48. The highest BCUT2D eigenvalue weighted by Crippen LogP contribution is 2.29. The van der Waals surface area contributed by atoms with Crippen molar-refractivity contribution in [1.29, 1.82) is 0 Å². The Hall–Kier alpha value is -1.47. The van der Waals surface area contributed by atoms with E-state index in [-0.39, 0.29) is 11.7 Å². The first-order valence-electron chi connectivity index (χ1n) is 7.58. The first kappa shape index (κ1) is 16.4. The number of aromatic nitrogens is 2. The number of carbonyl (C=O) groups excluding carboxylic acids is 1. The molecular formula is C16H18FN3OS2. The number of hydrogen-bond donors (Lipinski definition) is 0. The van der Waals surface area contributed by atoms with Gasteiger partial charge in [0.15, 0.2) is 0 Å². The SMILES string of the molecule is Cc1nnc(C2CCCN(C(=O)CSc3ccc(F)cc3)C2)s1. The third-order valence-electron chi connectivity index (χ3n) is 3.84. The van der Waals surface area contributed by atoms with E-state index in [0.717, 1.165) is 40.8 Å². The molecule has 2 aromatic rings. The summed E-state index contributed by atoms with van der Waals surface area (Å²) in [6.45, 7) is 3.47. The van der Waals surface area contributed by atoms with Crippen LogP contribution in [0.3, 0.4) is 0 Å². The Morgan fingerprint density at radius 2 is 2.17 bits per heavy atom. The number of benzene rings is 1. The Labute approximate surface area is 143 Å². The number of aryl methyl sites for hydroxylation is 1. The van der Waals surface area contributed by atoms with Gasteiger partial charge in [-0.3, -0.25) is 4.79 Å². The summed E-state index contributed by atoms with van der Waals surface area (Å²) in [5.74, 6) is 0.555. The number of nitrogens with zero attached hydrogens (tertiary/aromatic N) is 3. The molecule has 4 nitrogen and oxygen atoms in total. The van der Waals surface area contributed by atoms with Gasteiger partial charge in [0.05, 0.1) is 5.75 Å². The Bertz CT molecular complexity index is 674. The molecule has 122 valence electrons. The summed E-state index contributed by atoms with van der Waals surface area (Å²) >= 11 is 3.07. The number of amides is 1. The Kier molecular flexibility index (Phi) is 5.27. The quantitative estimate of drug-likeness (QED) is 0.791. The van der Waals surface area contributed by atoms with Crippen LogP contribution in [0, 0.1) is 12.7 Å². The van der Waals surface area contributed by atoms with Gasteiger partial charge in [0.25, 0.3) is 0 Å². The number of halogens is 1. The molecule has 1 aromatic carbocycles. The Morgan fingerprint density at radius 3 is 2.87 bits per heavy atom. The molecule has 1 aliphatic rings. The number of hydrogen-bond acceptors (Lipinski definition) is 5. The highest BCUT2D eigenvalue weighted by atomic mass is 32.2. The fourth-order valence-electron chi connectivity index (χ4n) is 2.65. The largest absolute Gasteiger partial charge is 0.341 e. The van der Waals surface area contributed by atoms with Crippen LogP contribution in [0.5, 0.6) is 0 Å². The number of likely N-dealkylation sites (tertiary alicyclic amines) is 1. The standard InChI is InChI=1S/C16H18FN3OS2/c1-11-18-19-16(23-11)12-3-2-8-20(9-12)15(21)10-22-14-6-4-13(17)5-7-14/h4-7,12H,2-3,8-10H2,1H3. The summed E-state index contributed by atoms with van der Waals surface area (Å²) in [6, 6.07) is 6.25. The molecule has 23 heavy (non-hydrogen) atoms. The summed E-state index contributed by atoms with van der Waals surface area (Å²) in [5, 5.41) is 10.3. The van der Waals surface area contributed by atoms with Crippen LogP contribution >= 0.6 is 23.1 Å². The highest BCUT2D eigenvalue weighted by molar-refractivity contribution is 8.00. The zero-order chi connectivity index (χ0) is 16.2. The van der Waals surface area contributed by atoms with Crippen LogP contribution in [0.1, 0.15) is 28.8 Å². The van der Waals surface area contributed by atoms with Crippen LogP contribution in [-0.2, 0) is 4.79 Å². The maximum Gasteiger partial charge on any atom is 0.232 e. The lowest BCUT2D eigenvalue weighted by Crippen LogP contribution is -2.40. The molecule has 1 saturated heterocycles. The van der Waals surface area contributed by atoms with Gasteiger partial charge in [0.2, 0.25) is 5.91 Å². The monoisotopic (exact) mass is 351 g/mol. The summed E-state index contributed by atoms with van der Waals surface area (Å²) in [6.07, 6.45) is 2.06. The average Bonchev–Trinajstić information content (AvgIpc) is 3.01. The molecule has 1 aromatic heterocycles. The molecule has 0 aliphatic carbocycles. The second kappa shape index (κ2) is 7.40. The topological polar surface area (TPSA) is 46.1 Å². The summed E-state index contributed by atoms with van der Waals surface area (Å²) in [7, 11) is 0. The fraction of sp³-hybridized carbons (Fsp3) is 0.438. The molecule has 1 unspecified atom stereocenters. The molecule has 1 amide bonds. The van der Waals surface area contributed by atoms with Gasteiger partial charge >= 0.3 is 0 Å². The van der Waals surface area contributed by atoms with Crippen molar-refractivity contribution in [3.63, 3.8) is 0 Å². The number of rotatable bonds is 4. The number of thioether (sulfide) groups is 1. The fourth-order valence-corrected chi connectivity index (χ4v) is 4.28. The maximum atomic E-state index is 12.9. The van der Waals surface area contributed by atoms with Crippen LogP contribution in [-0.4, -0.2) is 39.8 Å². The van der Waals surface area contributed by atoms with Crippen LogP contribution in [0.2, 0.25) is 0 Å². The summed E-state index contributed by atoms with van der Waals surface area (Å²) < 4.78 is 12.9. The van der Waals surface area contributed by atoms with Gasteiger partial charge in [-0.15, -0.1) is 33.3 Å². The van der Waals surface area contributed by atoms with Crippen molar-refractivity contribution >= 4 is 29.0 Å². The minimum atomic E-state index is -0.258. The van der Waals surface area contributed by atoms with Gasteiger partial charge in [-0.2, -0.15) is 0 Å². The second-order valence-electron chi connectivity index (χ2n) is 5.58. The minimum absolute atomic E-state index is 0.130. The first-order valence-corrected chi connectivity index (χ1v) is 9.38. The van der Waals surface area contributed by atoms with Crippen molar-refractivity contribution in [2.45, 2.75) is 30.6 Å². The number of piperidine rings is 1. The summed E-state index contributed by atoms with van der Waals surface area (Å²) in [5.41, 5.74) is 0. The van der Waals surface area contributed by atoms with Gasteiger partial charge in [0.1, 0.15) is 15.8 Å². The van der Waals surface area contributed by atoms with E-state index in [4.69, 9.17) is 0 Å². The first-order chi connectivity index (χ1) is 11.1. The van der Waals surface area contributed by atoms with E-state index in [1.807, 2.05) is 11.8 Å². The molecule has 1 fully saturated rings. The van der Waals surface area contributed by atoms with Gasteiger partial charge in [0, 0.05) is 23.9 Å². The van der Waals surface area contributed by atoms with Crippen molar-refractivity contribution in [2.75, 3.05) is 18.8 Å². The zero-order valence-corrected chi connectivity index (χ0v) is 14.5. The van der Waals surface area contributed by atoms with E-state index in [1.54, 1.807) is 23.5 Å². The van der Waals surface area contributed by atoms with Crippen molar-refractivity contribution in [2.24, 2.45) is 0 Å². The Morgan fingerprint density at radius 1 is 1.39 bits per heavy atom. The molecule has 0 bridgehead atoms. The van der Waals surface area contributed by atoms with Crippen LogP contribution in [0.15, 0.2) is 29.2 Å². The molecule has 0 spiro atoms. The molecule has 7 heteroatoms. The third-order valence-corrected chi connectivity index (χ3v) is 5.84. The van der Waals surface area contributed by atoms with Crippen LogP contribution < -0.4 is 0 Å². The maximum absolute atomic E-state index is 12.9. The van der Waals surface area contributed by atoms with Gasteiger partial charge < -0.3 is 4.90 Å². The molecule has 0 saturated carbocycles. The highest BCUT2D eigenvalue weighted by Gasteiger charge is 2.26. The zero-order valence-electron chi connectivity index (χ0n) is 12.9. The van der Waals surface area contributed by atoms with Gasteiger partial charge in [-0.05, 0) is 44.0 Å². The lowest BCUT2D eigenvalue weighted by molar-refractivity contribution is -0.129. The van der Waals surface area contributed by atoms with E-state index in [9.17, 15) is 9.18 Å². The summed E-state index contributed by atoms with van der Waals surface area (Å²) in [4.78, 5) is 15.2. The van der Waals surface area contributed by atoms with Gasteiger partial charge in [-0.1, -0.05) is 0 Å².